The second kappa shape index (κ2) is 5.44. The molecule has 0 fully saturated rings. The van der Waals surface area contributed by atoms with Gasteiger partial charge in [-0.1, -0.05) is 0 Å². The van der Waals surface area contributed by atoms with Crippen LogP contribution in [0.3, 0.4) is 0 Å². The minimum atomic E-state index is 0.0848. The molecule has 5 nitrogen and oxygen atoms in total. The number of nitrogens with zero attached hydrogens (tertiary/aromatic N) is 4. The molecule has 0 aliphatic rings. The minimum absolute atomic E-state index is 0.0848. The van der Waals surface area contributed by atoms with Crippen LogP contribution in [0.1, 0.15) is 18.7 Å². The Hall–Kier alpha value is -2.17. The number of rotatable bonds is 4. The average Bonchev–Trinajstić information content (AvgIpc) is 2.40. The van der Waals surface area contributed by atoms with Gasteiger partial charge in [0.25, 0.3) is 0 Å². The monoisotopic (exact) mass is 243 g/mol. The molecule has 1 unspecified atom stereocenters. The van der Waals surface area contributed by atoms with Crippen LogP contribution in [-0.4, -0.2) is 29.0 Å². The smallest absolute Gasteiger partial charge is 0.151 e. The summed E-state index contributed by atoms with van der Waals surface area (Å²) in [5.74, 6) is 0.910. The zero-order chi connectivity index (χ0) is 13.0. The highest BCUT2D eigenvalue weighted by molar-refractivity contribution is 5.65. The normalized spacial score (nSPS) is 11.9. The number of pyridine rings is 1. The van der Waals surface area contributed by atoms with Crippen LogP contribution in [0.4, 0.5) is 11.5 Å². The molecule has 0 saturated heterocycles. The molecule has 0 bridgehead atoms. The van der Waals surface area contributed by atoms with Gasteiger partial charge < -0.3 is 10.2 Å². The van der Waals surface area contributed by atoms with Crippen LogP contribution in [0.25, 0.3) is 0 Å². The van der Waals surface area contributed by atoms with Gasteiger partial charge in [-0.2, -0.15) is 0 Å². The van der Waals surface area contributed by atoms with Crippen LogP contribution in [0.15, 0.2) is 36.9 Å². The average molecular weight is 243 g/mol. The van der Waals surface area contributed by atoms with Crippen molar-refractivity contribution in [3.8, 4) is 0 Å². The fourth-order valence-electron chi connectivity index (χ4n) is 1.71. The zero-order valence-corrected chi connectivity index (χ0v) is 10.8. The quantitative estimate of drug-likeness (QED) is 0.891. The molecule has 0 radical (unpaired) electrons. The Bertz CT molecular complexity index is 498. The number of nitrogens with one attached hydrogen (secondary N) is 1. The Morgan fingerprint density at radius 3 is 2.67 bits per heavy atom. The van der Waals surface area contributed by atoms with Gasteiger partial charge in [-0.15, -0.1) is 0 Å². The van der Waals surface area contributed by atoms with E-state index in [1.54, 1.807) is 24.8 Å². The molecule has 2 aromatic rings. The van der Waals surface area contributed by atoms with Crippen molar-refractivity contribution in [2.24, 2.45) is 0 Å². The SMILES string of the molecule is CC(Nc1cccnc1N(C)C)c1cnccn1. The molecule has 2 heterocycles. The van der Waals surface area contributed by atoms with Gasteiger partial charge in [0.05, 0.1) is 23.6 Å². The van der Waals surface area contributed by atoms with Gasteiger partial charge in [0.2, 0.25) is 0 Å². The summed E-state index contributed by atoms with van der Waals surface area (Å²) in [4.78, 5) is 14.7. The third-order valence-electron chi connectivity index (χ3n) is 2.61. The van der Waals surface area contributed by atoms with Crippen molar-refractivity contribution in [1.29, 1.82) is 0 Å². The summed E-state index contributed by atoms with van der Waals surface area (Å²) in [7, 11) is 3.95. The summed E-state index contributed by atoms with van der Waals surface area (Å²) in [5.41, 5.74) is 1.90. The van der Waals surface area contributed by atoms with Crippen molar-refractivity contribution < 1.29 is 0 Å². The Kier molecular flexibility index (Phi) is 3.72. The molecule has 0 amide bonds. The number of aromatic nitrogens is 3. The molecular weight excluding hydrogens is 226 g/mol. The van der Waals surface area contributed by atoms with E-state index in [1.807, 2.05) is 31.1 Å². The maximum Gasteiger partial charge on any atom is 0.151 e. The lowest BCUT2D eigenvalue weighted by Crippen LogP contribution is -2.16. The van der Waals surface area contributed by atoms with Gasteiger partial charge in [-0.05, 0) is 19.1 Å². The van der Waals surface area contributed by atoms with Gasteiger partial charge in [0.15, 0.2) is 5.82 Å². The number of anilines is 2. The molecular formula is C13H17N5. The standard InChI is InChI=1S/C13H17N5/c1-10(12-9-14-7-8-15-12)17-11-5-4-6-16-13(11)18(2)3/h4-10,17H,1-3H3. The second-order valence-electron chi connectivity index (χ2n) is 4.27. The van der Waals surface area contributed by atoms with Gasteiger partial charge in [-0.3, -0.25) is 9.97 Å². The van der Waals surface area contributed by atoms with Crippen LogP contribution >= 0.6 is 0 Å². The molecule has 0 saturated carbocycles. The number of hydrogen-bond donors (Lipinski definition) is 1. The fraction of sp³-hybridized carbons (Fsp3) is 0.308. The van der Waals surface area contributed by atoms with Crippen molar-refractivity contribution in [3.05, 3.63) is 42.6 Å². The van der Waals surface area contributed by atoms with Crippen molar-refractivity contribution in [2.45, 2.75) is 13.0 Å². The first-order valence-corrected chi connectivity index (χ1v) is 5.83. The second-order valence-corrected chi connectivity index (χ2v) is 4.27. The largest absolute Gasteiger partial charge is 0.374 e. The molecule has 2 aromatic heterocycles. The molecule has 1 atom stereocenters. The van der Waals surface area contributed by atoms with Crippen LogP contribution in [0.5, 0.6) is 0 Å². The maximum absolute atomic E-state index is 4.35. The van der Waals surface area contributed by atoms with Crippen LogP contribution < -0.4 is 10.2 Å². The van der Waals surface area contributed by atoms with E-state index in [-0.39, 0.29) is 6.04 Å². The van der Waals surface area contributed by atoms with Crippen LogP contribution in [0.2, 0.25) is 0 Å². The van der Waals surface area contributed by atoms with Crippen LogP contribution in [-0.2, 0) is 0 Å². The minimum Gasteiger partial charge on any atom is -0.374 e. The third-order valence-corrected chi connectivity index (χ3v) is 2.61. The van der Waals surface area contributed by atoms with E-state index < -0.39 is 0 Å². The zero-order valence-electron chi connectivity index (χ0n) is 10.8. The lowest BCUT2D eigenvalue weighted by molar-refractivity contribution is 0.825. The van der Waals surface area contributed by atoms with E-state index in [2.05, 4.69) is 27.2 Å². The summed E-state index contributed by atoms with van der Waals surface area (Å²) in [6.45, 7) is 2.05. The summed E-state index contributed by atoms with van der Waals surface area (Å²) < 4.78 is 0. The first-order chi connectivity index (χ1) is 8.68. The lowest BCUT2D eigenvalue weighted by Gasteiger charge is -2.20. The first-order valence-electron chi connectivity index (χ1n) is 5.83. The number of hydrogen-bond acceptors (Lipinski definition) is 5. The van der Waals surface area contributed by atoms with Gasteiger partial charge in [0, 0.05) is 32.7 Å². The van der Waals surface area contributed by atoms with Gasteiger partial charge >= 0.3 is 0 Å². The Morgan fingerprint density at radius 2 is 2.00 bits per heavy atom. The van der Waals surface area contributed by atoms with Gasteiger partial charge in [0.1, 0.15) is 0 Å². The summed E-state index contributed by atoms with van der Waals surface area (Å²) in [6, 6.07) is 4.01. The van der Waals surface area contributed by atoms with Crippen molar-refractivity contribution >= 4 is 11.5 Å². The Labute approximate surface area is 107 Å². The predicted octanol–water partition coefficient (Wildman–Crippen LogP) is 2.11. The topological polar surface area (TPSA) is 53.9 Å². The highest BCUT2D eigenvalue weighted by Crippen LogP contribution is 2.24. The van der Waals surface area contributed by atoms with Crippen molar-refractivity contribution in [1.82, 2.24) is 15.0 Å². The highest BCUT2D eigenvalue weighted by atomic mass is 15.2. The van der Waals surface area contributed by atoms with E-state index in [0.717, 1.165) is 17.2 Å². The molecule has 0 spiro atoms. The third kappa shape index (κ3) is 2.74. The van der Waals surface area contributed by atoms with Crippen molar-refractivity contribution in [2.75, 3.05) is 24.3 Å². The Balaban J connectivity index is 2.19. The molecule has 2 rings (SSSR count). The predicted molar refractivity (Wildman–Crippen MR) is 72.6 cm³/mol. The van der Waals surface area contributed by atoms with E-state index in [9.17, 15) is 0 Å². The molecule has 0 aliphatic heterocycles. The van der Waals surface area contributed by atoms with Crippen molar-refractivity contribution in [3.63, 3.8) is 0 Å². The first kappa shape index (κ1) is 12.3. The maximum atomic E-state index is 4.35. The summed E-state index contributed by atoms with van der Waals surface area (Å²) >= 11 is 0. The summed E-state index contributed by atoms with van der Waals surface area (Å²) in [5, 5.41) is 3.40. The highest BCUT2D eigenvalue weighted by Gasteiger charge is 2.10. The van der Waals surface area contributed by atoms with E-state index in [4.69, 9.17) is 0 Å². The van der Waals surface area contributed by atoms with Gasteiger partial charge in [-0.25, -0.2) is 4.98 Å². The summed E-state index contributed by atoms with van der Waals surface area (Å²) in [6.07, 6.45) is 6.92. The molecule has 94 valence electrons. The fourth-order valence-corrected chi connectivity index (χ4v) is 1.71. The molecule has 5 heteroatoms. The van der Waals surface area contributed by atoms with E-state index in [1.165, 1.54) is 0 Å². The van der Waals surface area contributed by atoms with E-state index >= 15 is 0 Å². The van der Waals surface area contributed by atoms with E-state index in [0.29, 0.717) is 0 Å². The molecule has 0 aromatic carbocycles. The Morgan fingerprint density at radius 1 is 1.17 bits per heavy atom. The lowest BCUT2D eigenvalue weighted by atomic mass is 10.2. The molecule has 18 heavy (non-hydrogen) atoms. The van der Waals surface area contributed by atoms with Crippen LogP contribution in [0, 0.1) is 0 Å². The molecule has 0 aliphatic carbocycles. The molecule has 1 N–H and O–H groups in total.